The second kappa shape index (κ2) is 7.03. The molecule has 0 fully saturated rings. The Morgan fingerprint density at radius 3 is 2.36 bits per heavy atom. The molecule has 7 nitrogen and oxygen atoms in total. The van der Waals surface area contributed by atoms with Crippen LogP contribution in [0.15, 0.2) is 53.9 Å². The van der Waals surface area contributed by atoms with E-state index < -0.39 is 26.6 Å². The highest BCUT2D eigenvalue weighted by Gasteiger charge is 2.16. The summed E-state index contributed by atoms with van der Waals surface area (Å²) in [6.07, 6.45) is 6.34. The van der Waals surface area contributed by atoms with Gasteiger partial charge in [-0.2, -0.15) is 0 Å². The van der Waals surface area contributed by atoms with Gasteiger partial charge in [-0.25, -0.2) is 36.9 Å². The van der Waals surface area contributed by atoms with Crippen LogP contribution < -0.4 is 4.72 Å². The summed E-state index contributed by atoms with van der Waals surface area (Å²) in [5, 5.41) is 0. The predicted octanol–water partition coefficient (Wildman–Crippen LogP) is 1.60. The third-order valence-corrected chi connectivity index (χ3v) is 4.71. The van der Waals surface area contributed by atoms with E-state index in [1.807, 2.05) is 0 Å². The van der Waals surface area contributed by atoms with Gasteiger partial charge in [0.1, 0.15) is 11.6 Å². The number of nitrogens with one attached hydrogen (secondary N) is 1. The summed E-state index contributed by atoms with van der Waals surface area (Å²) >= 11 is 0. The highest BCUT2D eigenvalue weighted by molar-refractivity contribution is 7.89. The molecule has 25 heavy (non-hydrogen) atoms. The van der Waals surface area contributed by atoms with Crippen molar-refractivity contribution in [3.05, 3.63) is 60.7 Å². The molecule has 0 spiro atoms. The van der Waals surface area contributed by atoms with Crippen LogP contribution >= 0.6 is 0 Å². The molecule has 2 aromatic heterocycles. The van der Waals surface area contributed by atoms with Gasteiger partial charge >= 0.3 is 0 Å². The number of benzene rings is 1. The van der Waals surface area contributed by atoms with Crippen molar-refractivity contribution in [3.8, 4) is 11.6 Å². The fourth-order valence-electron chi connectivity index (χ4n) is 2.18. The first-order chi connectivity index (χ1) is 12.0. The quantitative estimate of drug-likeness (QED) is 0.717. The average molecular weight is 365 g/mol. The van der Waals surface area contributed by atoms with E-state index in [1.54, 1.807) is 35.4 Å². The first-order valence-electron chi connectivity index (χ1n) is 7.20. The number of hydrogen-bond acceptors (Lipinski definition) is 5. The van der Waals surface area contributed by atoms with E-state index in [-0.39, 0.29) is 13.1 Å². The highest BCUT2D eigenvalue weighted by atomic mass is 32.2. The lowest BCUT2D eigenvalue weighted by atomic mass is 10.3. The van der Waals surface area contributed by atoms with Crippen LogP contribution in [-0.4, -0.2) is 34.5 Å². The van der Waals surface area contributed by atoms with Gasteiger partial charge in [0.2, 0.25) is 10.0 Å². The molecule has 0 aliphatic rings. The molecule has 0 amide bonds. The Bertz CT molecular complexity index is 956. The number of aromatic nitrogens is 4. The first kappa shape index (κ1) is 17.1. The molecule has 10 heteroatoms. The van der Waals surface area contributed by atoms with Crippen molar-refractivity contribution in [2.24, 2.45) is 0 Å². The van der Waals surface area contributed by atoms with Crippen LogP contribution in [0.1, 0.15) is 0 Å². The number of rotatable bonds is 6. The van der Waals surface area contributed by atoms with Crippen molar-refractivity contribution in [1.82, 2.24) is 24.2 Å². The van der Waals surface area contributed by atoms with Gasteiger partial charge in [-0.3, -0.25) is 0 Å². The summed E-state index contributed by atoms with van der Waals surface area (Å²) in [5.74, 6) is -1.03. The van der Waals surface area contributed by atoms with Crippen LogP contribution in [0, 0.1) is 11.6 Å². The van der Waals surface area contributed by atoms with E-state index in [9.17, 15) is 17.2 Å². The van der Waals surface area contributed by atoms with E-state index in [4.69, 9.17) is 0 Å². The largest absolute Gasteiger partial charge is 0.327 e. The molecule has 0 atom stereocenters. The molecule has 1 aromatic carbocycles. The first-order valence-corrected chi connectivity index (χ1v) is 8.68. The second-order valence-electron chi connectivity index (χ2n) is 5.02. The van der Waals surface area contributed by atoms with E-state index in [1.165, 1.54) is 0 Å². The van der Waals surface area contributed by atoms with Crippen molar-refractivity contribution < 1.29 is 17.2 Å². The van der Waals surface area contributed by atoms with Gasteiger partial charge in [-0.15, -0.1) is 0 Å². The highest BCUT2D eigenvalue weighted by Crippen LogP contribution is 2.14. The van der Waals surface area contributed by atoms with Gasteiger partial charge in [0.25, 0.3) is 0 Å². The maximum absolute atomic E-state index is 13.2. The molecule has 1 N–H and O–H groups in total. The molecule has 130 valence electrons. The van der Waals surface area contributed by atoms with Crippen molar-refractivity contribution in [2.75, 3.05) is 6.54 Å². The SMILES string of the molecule is O=S(=O)(NCCn1ccnc1-c1ncccn1)c1cc(F)cc(F)c1. The van der Waals surface area contributed by atoms with Gasteiger partial charge in [0.15, 0.2) is 11.6 Å². The number of sulfonamides is 1. The summed E-state index contributed by atoms with van der Waals surface area (Å²) in [6, 6.07) is 3.79. The van der Waals surface area contributed by atoms with Crippen molar-refractivity contribution in [1.29, 1.82) is 0 Å². The Morgan fingerprint density at radius 1 is 1.00 bits per heavy atom. The predicted molar refractivity (Wildman–Crippen MR) is 84.8 cm³/mol. The number of halogens is 2. The van der Waals surface area contributed by atoms with Crippen LogP contribution in [0.5, 0.6) is 0 Å². The van der Waals surface area contributed by atoms with Gasteiger partial charge in [-0.1, -0.05) is 0 Å². The van der Waals surface area contributed by atoms with Crippen molar-refractivity contribution >= 4 is 10.0 Å². The molecular formula is C15H13F2N5O2S. The van der Waals surface area contributed by atoms with Gasteiger partial charge in [0, 0.05) is 43.9 Å². The fraction of sp³-hybridized carbons (Fsp3) is 0.133. The van der Waals surface area contributed by atoms with Gasteiger partial charge in [-0.05, 0) is 18.2 Å². The molecule has 0 aliphatic heterocycles. The minimum absolute atomic E-state index is 0.00331. The zero-order valence-electron chi connectivity index (χ0n) is 12.8. The second-order valence-corrected chi connectivity index (χ2v) is 6.79. The minimum Gasteiger partial charge on any atom is -0.327 e. The van der Waals surface area contributed by atoms with E-state index in [2.05, 4.69) is 19.7 Å². The third-order valence-electron chi connectivity index (χ3n) is 3.27. The normalized spacial score (nSPS) is 11.6. The Kier molecular flexibility index (Phi) is 4.81. The molecule has 0 saturated carbocycles. The van der Waals surface area contributed by atoms with Crippen LogP contribution in [0.4, 0.5) is 8.78 Å². The molecular weight excluding hydrogens is 352 g/mol. The zero-order valence-corrected chi connectivity index (χ0v) is 13.6. The molecule has 3 aromatic rings. The lowest BCUT2D eigenvalue weighted by molar-refractivity contribution is 0.557. The van der Waals surface area contributed by atoms with Crippen LogP contribution in [0.3, 0.4) is 0 Å². The summed E-state index contributed by atoms with van der Waals surface area (Å²) in [4.78, 5) is 11.9. The Hall–Kier alpha value is -2.72. The lowest BCUT2D eigenvalue weighted by Crippen LogP contribution is -2.27. The maximum atomic E-state index is 13.2. The number of nitrogens with zero attached hydrogens (tertiary/aromatic N) is 4. The third kappa shape index (κ3) is 4.03. The molecule has 0 bridgehead atoms. The number of imidazole rings is 1. The topological polar surface area (TPSA) is 89.8 Å². The Morgan fingerprint density at radius 2 is 1.68 bits per heavy atom. The van der Waals surface area contributed by atoms with E-state index >= 15 is 0 Å². The number of hydrogen-bond donors (Lipinski definition) is 1. The van der Waals surface area contributed by atoms with Gasteiger partial charge < -0.3 is 4.57 Å². The molecule has 0 unspecified atom stereocenters. The van der Waals surface area contributed by atoms with Crippen LogP contribution in [-0.2, 0) is 16.6 Å². The Balaban J connectivity index is 1.70. The standard InChI is InChI=1S/C15H13F2N5O2S/c16-11-8-12(17)10-13(9-11)25(23,24)21-5-7-22-6-4-20-15(22)14-18-2-1-3-19-14/h1-4,6,8-10,21H,5,7H2. The van der Waals surface area contributed by atoms with Gasteiger partial charge in [0.05, 0.1) is 4.90 Å². The summed E-state index contributed by atoms with van der Waals surface area (Å²) < 4.78 is 54.6. The molecule has 0 radical (unpaired) electrons. The summed E-state index contributed by atoms with van der Waals surface area (Å²) in [7, 11) is -4.03. The summed E-state index contributed by atoms with van der Waals surface area (Å²) in [5.41, 5.74) is 0. The average Bonchev–Trinajstić information content (AvgIpc) is 3.03. The van der Waals surface area contributed by atoms with Crippen LogP contribution in [0.2, 0.25) is 0 Å². The van der Waals surface area contributed by atoms with Crippen molar-refractivity contribution in [2.45, 2.75) is 11.4 Å². The van der Waals surface area contributed by atoms with Crippen LogP contribution in [0.25, 0.3) is 11.6 Å². The smallest absolute Gasteiger partial charge is 0.240 e. The van der Waals surface area contributed by atoms with E-state index in [0.29, 0.717) is 17.7 Å². The van der Waals surface area contributed by atoms with Crippen molar-refractivity contribution in [3.63, 3.8) is 0 Å². The Labute approximate surface area is 142 Å². The minimum atomic E-state index is -4.03. The fourth-order valence-corrected chi connectivity index (χ4v) is 3.24. The molecule has 0 saturated heterocycles. The lowest BCUT2D eigenvalue weighted by Gasteiger charge is -2.09. The molecule has 3 rings (SSSR count). The molecule has 0 aliphatic carbocycles. The summed E-state index contributed by atoms with van der Waals surface area (Å²) in [6.45, 7) is 0.237. The molecule has 2 heterocycles. The monoisotopic (exact) mass is 365 g/mol. The maximum Gasteiger partial charge on any atom is 0.240 e. The zero-order chi connectivity index (χ0) is 17.9. The van der Waals surface area contributed by atoms with E-state index in [0.717, 1.165) is 12.1 Å².